The van der Waals surface area contributed by atoms with Gasteiger partial charge in [-0.15, -0.1) is 0 Å². The van der Waals surface area contributed by atoms with E-state index < -0.39 is 9.84 Å². The van der Waals surface area contributed by atoms with Crippen molar-refractivity contribution in [1.82, 2.24) is 5.32 Å². The summed E-state index contributed by atoms with van der Waals surface area (Å²) in [6.45, 7) is 4.17. The first-order valence-corrected chi connectivity index (χ1v) is 8.85. The van der Waals surface area contributed by atoms with E-state index in [1.807, 2.05) is 0 Å². The second-order valence-corrected chi connectivity index (χ2v) is 7.97. The Balaban J connectivity index is 2.06. The molecule has 1 N–H and O–H groups in total. The molecule has 3 unspecified atom stereocenters. The van der Waals surface area contributed by atoms with Gasteiger partial charge in [-0.3, -0.25) is 0 Å². The molecular weight excluding hydrogens is 258 g/mol. The second kappa shape index (κ2) is 5.63. The maximum atomic E-state index is 11.8. The van der Waals surface area contributed by atoms with Crippen LogP contribution in [-0.4, -0.2) is 26.0 Å². The quantitative estimate of drug-likeness (QED) is 0.923. The van der Waals surface area contributed by atoms with Crippen molar-refractivity contribution in [2.45, 2.75) is 50.4 Å². The Morgan fingerprint density at radius 1 is 1.21 bits per heavy atom. The van der Waals surface area contributed by atoms with Gasteiger partial charge in [0, 0.05) is 18.3 Å². The number of rotatable bonds is 4. The van der Waals surface area contributed by atoms with Gasteiger partial charge in [0.25, 0.3) is 0 Å². The fourth-order valence-corrected chi connectivity index (χ4v) is 4.31. The topological polar surface area (TPSA) is 46.2 Å². The van der Waals surface area contributed by atoms with Gasteiger partial charge in [0.15, 0.2) is 9.84 Å². The zero-order valence-electron chi connectivity index (χ0n) is 11.9. The van der Waals surface area contributed by atoms with Gasteiger partial charge < -0.3 is 5.32 Å². The van der Waals surface area contributed by atoms with E-state index in [0.29, 0.717) is 0 Å². The fourth-order valence-electron chi connectivity index (χ4n) is 2.90. The standard InChI is InChI=1S/C15H23NO2S/c1-11-7-9-13(10-8-11)12(2)16-14-5-4-6-15(14)19(3,17)18/h7-10,12,14-16H,4-6H2,1-3H3. The van der Waals surface area contributed by atoms with Crippen LogP contribution in [0.2, 0.25) is 0 Å². The van der Waals surface area contributed by atoms with Crippen LogP contribution >= 0.6 is 0 Å². The summed E-state index contributed by atoms with van der Waals surface area (Å²) in [4.78, 5) is 0. The van der Waals surface area contributed by atoms with Crippen molar-refractivity contribution in [3.05, 3.63) is 35.4 Å². The van der Waals surface area contributed by atoms with Crippen molar-refractivity contribution in [3.8, 4) is 0 Å². The lowest BCUT2D eigenvalue weighted by atomic mass is 10.1. The highest BCUT2D eigenvalue weighted by Gasteiger charge is 2.35. The molecule has 0 amide bonds. The van der Waals surface area contributed by atoms with Crippen LogP contribution in [0.3, 0.4) is 0 Å². The lowest BCUT2D eigenvalue weighted by Gasteiger charge is -2.24. The van der Waals surface area contributed by atoms with Gasteiger partial charge in [-0.25, -0.2) is 8.42 Å². The minimum atomic E-state index is -2.95. The third-order valence-electron chi connectivity index (χ3n) is 4.04. The maximum absolute atomic E-state index is 11.8. The van der Waals surface area contributed by atoms with E-state index in [4.69, 9.17) is 0 Å². The molecule has 1 aromatic rings. The Hall–Kier alpha value is -0.870. The summed E-state index contributed by atoms with van der Waals surface area (Å²) in [5.74, 6) is 0. The van der Waals surface area contributed by atoms with Gasteiger partial charge >= 0.3 is 0 Å². The minimum Gasteiger partial charge on any atom is -0.306 e. The predicted molar refractivity (Wildman–Crippen MR) is 79.0 cm³/mol. The van der Waals surface area contributed by atoms with E-state index >= 15 is 0 Å². The van der Waals surface area contributed by atoms with Crippen LogP contribution in [0.4, 0.5) is 0 Å². The van der Waals surface area contributed by atoms with Crippen LogP contribution in [-0.2, 0) is 9.84 Å². The van der Waals surface area contributed by atoms with E-state index in [1.165, 1.54) is 17.4 Å². The molecule has 3 atom stereocenters. The van der Waals surface area contributed by atoms with Gasteiger partial charge in [-0.2, -0.15) is 0 Å². The average molecular weight is 281 g/mol. The number of sulfone groups is 1. The molecule has 106 valence electrons. The van der Waals surface area contributed by atoms with Crippen molar-refractivity contribution in [3.63, 3.8) is 0 Å². The molecule has 0 heterocycles. The van der Waals surface area contributed by atoms with Crippen LogP contribution in [0.25, 0.3) is 0 Å². The van der Waals surface area contributed by atoms with E-state index in [9.17, 15) is 8.42 Å². The SMILES string of the molecule is Cc1ccc(C(C)NC2CCCC2S(C)(=O)=O)cc1. The summed E-state index contributed by atoms with van der Waals surface area (Å²) in [7, 11) is -2.95. The number of hydrogen-bond donors (Lipinski definition) is 1. The van der Waals surface area contributed by atoms with E-state index in [0.717, 1.165) is 19.3 Å². The van der Waals surface area contributed by atoms with Crippen molar-refractivity contribution in [1.29, 1.82) is 0 Å². The molecule has 3 nitrogen and oxygen atoms in total. The van der Waals surface area contributed by atoms with Crippen molar-refractivity contribution in [2.75, 3.05) is 6.26 Å². The number of aryl methyl sites for hydroxylation is 1. The highest BCUT2D eigenvalue weighted by atomic mass is 32.2. The van der Waals surface area contributed by atoms with Gasteiger partial charge in [0.1, 0.15) is 0 Å². The molecule has 4 heteroatoms. The Bertz CT molecular complexity index is 522. The van der Waals surface area contributed by atoms with Gasteiger partial charge in [0.05, 0.1) is 5.25 Å². The zero-order valence-corrected chi connectivity index (χ0v) is 12.7. The largest absolute Gasteiger partial charge is 0.306 e. The Morgan fingerprint density at radius 2 is 1.84 bits per heavy atom. The maximum Gasteiger partial charge on any atom is 0.151 e. The van der Waals surface area contributed by atoms with E-state index in [1.54, 1.807) is 0 Å². The normalized spacial score (nSPS) is 25.4. The Labute approximate surface area is 116 Å². The summed E-state index contributed by atoms with van der Waals surface area (Å²) in [6, 6.07) is 8.68. The number of benzene rings is 1. The van der Waals surface area contributed by atoms with E-state index in [2.05, 4.69) is 43.4 Å². The lowest BCUT2D eigenvalue weighted by Crippen LogP contribution is -2.41. The Morgan fingerprint density at radius 3 is 2.42 bits per heavy atom. The molecule has 19 heavy (non-hydrogen) atoms. The molecule has 1 aliphatic rings. The highest BCUT2D eigenvalue weighted by Crippen LogP contribution is 2.27. The molecule has 0 aromatic heterocycles. The van der Waals surface area contributed by atoms with E-state index in [-0.39, 0.29) is 17.3 Å². The third-order valence-corrected chi connectivity index (χ3v) is 5.71. The highest BCUT2D eigenvalue weighted by molar-refractivity contribution is 7.91. The lowest BCUT2D eigenvalue weighted by molar-refractivity contribution is 0.456. The number of nitrogens with one attached hydrogen (secondary N) is 1. The molecule has 2 rings (SSSR count). The molecule has 1 saturated carbocycles. The summed E-state index contributed by atoms with van der Waals surface area (Å²) >= 11 is 0. The van der Waals surface area contributed by atoms with Gasteiger partial charge in [0.2, 0.25) is 0 Å². The van der Waals surface area contributed by atoms with Crippen LogP contribution in [0.1, 0.15) is 43.4 Å². The summed E-state index contributed by atoms with van der Waals surface area (Å²) in [5, 5.41) is 3.27. The summed E-state index contributed by atoms with van der Waals surface area (Å²) in [6.07, 6.45) is 4.09. The van der Waals surface area contributed by atoms with Gasteiger partial charge in [-0.1, -0.05) is 36.2 Å². The van der Waals surface area contributed by atoms with Crippen LogP contribution < -0.4 is 5.32 Å². The second-order valence-electron chi connectivity index (χ2n) is 5.70. The molecule has 0 saturated heterocycles. The van der Waals surface area contributed by atoms with Gasteiger partial charge in [-0.05, 0) is 32.3 Å². The monoisotopic (exact) mass is 281 g/mol. The molecule has 1 aliphatic carbocycles. The summed E-state index contributed by atoms with van der Waals surface area (Å²) in [5.41, 5.74) is 2.45. The van der Waals surface area contributed by atoms with Crippen molar-refractivity contribution >= 4 is 9.84 Å². The van der Waals surface area contributed by atoms with Crippen molar-refractivity contribution < 1.29 is 8.42 Å². The first-order chi connectivity index (χ1) is 8.88. The molecule has 0 spiro atoms. The fraction of sp³-hybridized carbons (Fsp3) is 0.600. The van der Waals surface area contributed by atoms with Crippen LogP contribution in [0.15, 0.2) is 24.3 Å². The smallest absolute Gasteiger partial charge is 0.151 e. The minimum absolute atomic E-state index is 0.0892. The first kappa shape index (κ1) is 14.5. The molecule has 1 fully saturated rings. The third kappa shape index (κ3) is 3.57. The predicted octanol–water partition coefficient (Wildman–Crippen LogP) is 2.61. The zero-order chi connectivity index (χ0) is 14.0. The Kier molecular flexibility index (Phi) is 4.31. The molecule has 0 bridgehead atoms. The molecule has 1 aromatic carbocycles. The molecule has 0 aliphatic heterocycles. The first-order valence-electron chi connectivity index (χ1n) is 6.89. The average Bonchev–Trinajstić information content (AvgIpc) is 2.77. The molecule has 0 radical (unpaired) electrons. The molecular formula is C15H23NO2S. The van der Waals surface area contributed by atoms with Crippen molar-refractivity contribution in [2.24, 2.45) is 0 Å². The van der Waals surface area contributed by atoms with Crippen LogP contribution in [0, 0.1) is 6.92 Å². The van der Waals surface area contributed by atoms with Crippen LogP contribution in [0.5, 0.6) is 0 Å². The number of hydrogen-bond acceptors (Lipinski definition) is 3. The summed E-state index contributed by atoms with van der Waals surface area (Å²) < 4.78 is 23.5.